The summed E-state index contributed by atoms with van der Waals surface area (Å²) in [6, 6.07) is 8.33. The molecule has 1 N–H and O–H groups in total. The molecule has 0 unspecified atom stereocenters. The number of rotatable bonds is 5. The van der Waals surface area contributed by atoms with Gasteiger partial charge in [0.25, 0.3) is 17.2 Å². The molecule has 2 aromatic rings. The molecule has 0 aliphatic heterocycles. The molecule has 0 saturated heterocycles. The summed E-state index contributed by atoms with van der Waals surface area (Å²) < 4.78 is 1.22. The summed E-state index contributed by atoms with van der Waals surface area (Å²) in [6.07, 6.45) is 1.48. The Bertz CT molecular complexity index is 726. The standard InChI is InChI=1S/C13H12N4O4/c18-12-5-2-6-15-16(12)8-7-14-13(19)10-3-1-4-11(9-10)17(20)21/h1-6,9H,7-8H2,(H,14,19). The molecule has 21 heavy (non-hydrogen) atoms. The van der Waals surface area contributed by atoms with Gasteiger partial charge in [0.2, 0.25) is 0 Å². The number of carbonyl (C=O) groups excluding carboxylic acids is 1. The van der Waals surface area contributed by atoms with E-state index in [1.807, 2.05) is 0 Å². The number of amides is 1. The van der Waals surface area contributed by atoms with Crippen LogP contribution in [0.2, 0.25) is 0 Å². The van der Waals surface area contributed by atoms with E-state index in [-0.39, 0.29) is 29.9 Å². The molecule has 0 saturated carbocycles. The van der Waals surface area contributed by atoms with Gasteiger partial charge in [-0.1, -0.05) is 6.07 Å². The van der Waals surface area contributed by atoms with Crippen LogP contribution in [0.25, 0.3) is 0 Å². The van der Waals surface area contributed by atoms with Gasteiger partial charge in [-0.15, -0.1) is 0 Å². The molecule has 1 heterocycles. The first-order valence-electron chi connectivity index (χ1n) is 6.13. The van der Waals surface area contributed by atoms with Crippen LogP contribution in [0, 0.1) is 10.1 Å². The molecule has 8 nitrogen and oxygen atoms in total. The molecule has 0 radical (unpaired) electrons. The van der Waals surface area contributed by atoms with Gasteiger partial charge < -0.3 is 5.32 Å². The van der Waals surface area contributed by atoms with Gasteiger partial charge in [0, 0.05) is 36.5 Å². The first-order chi connectivity index (χ1) is 10.1. The van der Waals surface area contributed by atoms with Gasteiger partial charge in [-0.2, -0.15) is 5.10 Å². The van der Waals surface area contributed by atoms with Gasteiger partial charge in [0.15, 0.2) is 0 Å². The minimum Gasteiger partial charge on any atom is -0.350 e. The number of hydrogen-bond acceptors (Lipinski definition) is 5. The zero-order valence-corrected chi connectivity index (χ0v) is 10.9. The number of nitrogens with zero attached hydrogens (tertiary/aromatic N) is 3. The molecule has 0 aliphatic rings. The highest BCUT2D eigenvalue weighted by atomic mass is 16.6. The Morgan fingerprint density at radius 2 is 2.14 bits per heavy atom. The fourth-order valence-electron chi connectivity index (χ4n) is 1.69. The summed E-state index contributed by atoms with van der Waals surface area (Å²) >= 11 is 0. The third-order valence-electron chi connectivity index (χ3n) is 2.71. The smallest absolute Gasteiger partial charge is 0.270 e. The molecule has 1 amide bonds. The normalized spacial score (nSPS) is 10.1. The van der Waals surface area contributed by atoms with Crippen molar-refractivity contribution < 1.29 is 9.72 Å². The quantitative estimate of drug-likeness (QED) is 0.639. The zero-order chi connectivity index (χ0) is 15.2. The minimum atomic E-state index is -0.565. The van der Waals surface area contributed by atoms with E-state index in [9.17, 15) is 19.7 Å². The number of nitrogens with one attached hydrogen (secondary N) is 1. The van der Waals surface area contributed by atoms with Crippen LogP contribution in [-0.2, 0) is 6.54 Å². The maximum atomic E-state index is 11.9. The second-order valence-electron chi connectivity index (χ2n) is 4.15. The summed E-state index contributed by atoms with van der Waals surface area (Å²) in [5.74, 6) is -0.442. The van der Waals surface area contributed by atoms with Gasteiger partial charge in [-0.3, -0.25) is 19.7 Å². The first kappa shape index (κ1) is 14.4. The van der Waals surface area contributed by atoms with Crippen molar-refractivity contribution in [3.8, 4) is 0 Å². The SMILES string of the molecule is O=C(NCCn1ncccc1=O)c1cccc([N+](=O)[O-])c1. The van der Waals surface area contributed by atoms with Crippen molar-refractivity contribution in [3.05, 3.63) is 68.6 Å². The molecule has 0 bridgehead atoms. The summed E-state index contributed by atoms with van der Waals surface area (Å²) in [5, 5.41) is 17.1. The lowest BCUT2D eigenvalue weighted by Crippen LogP contribution is -2.31. The fourth-order valence-corrected chi connectivity index (χ4v) is 1.69. The highest BCUT2D eigenvalue weighted by Gasteiger charge is 2.10. The highest BCUT2D eigenvalue weighted by molar-refractivity contribution is 5.94. The molecular formula is C13H12N4O4. The van der Waals surface area contributed by atoms with Gasteiger partial charge in [0.05, 0.1) is 11.5 Å². The van der Waals surface area contributed by atoms with Crippen molar-refractivity contribution in [1.82, 2.24) is 15.1 Å². The summed E-state index contributed by atoms with van der Waals surface area (Å²) in [4.78, 5) is 33.3. The van der Waals surface area contributed by atoms with E-state index in [1.54, 1.807) is 0 Å². The molecule has 8 heteroatoms. The van der Waals surface area contributed by atoms with Crippen molar-refractivity contribution in [2.45, 2.75) is 6.54 Å². The number of nitro groups is 1. The van der Waals surface area contributed by atoms with E-state index in [0.29, 0.717) is 0 Å². The highest BCUT2D eigenvalue weighted by Crippen LogP contribution is 2.12. The fraction of sp³-hybridized carbons (Fsp3) is 0.154. The van der Waals surface area contributed by atoms with Crippen LogP contribution in [-0.4, -0.2) is 27.2 Å². The molecule has 0 atom stereocenters. The number of benzene rings is 1. The van der Waals surface area contributed by atoms with Gasteiger partial charge in [-0.25, -0.2) is 4.68 Å². The van der Waals surface area contributed by atoms with Crippen molar-refractivity contribution in [3.63, 3.8) is 0 Å². The Hall–Kier alpha value is -3.03. The average Bonchev–Trinajstić information content (AvgIpc) is 2.49. The Morgan fingerprint density at radius 3 is 2.86 bits per heavy atom. The van der Waals surface area contributed by atoms with Crippen LogP contribution in [0.15, 0.2) is 47.4 Å². The van der Waals surface area contributed by atoms with E-state index in [0.717, 1.165) is 0 Å². The molecule has 1 aromatic heterocycles. The Balaban J connectivity index is 1.96. The number of carbonyl (C=O) groups is 1. The number of nitro benzene ring substituents is 1. The maximum Gasteiger partial charge on any atom is 0.270 e. The van der Waals surface area contributed by atoms with Crippen LogP contribution < -0.4 is 10.9 Å². The van der Waals surface area contributed by atoms with E-state index in [4.69, 9.17) is 0 Å². The second kappa shape index (κ2) is 6.42. The van der Waals surface area contributed by atoms with Gasteiger partial charge in [-0.05, 0) is 12.1 Å². The molecule has 0 spiro atoms. The van der Waals surface area contributed by atoms with Crippen LogP contribution in [0.4, 0.5) is 5.69 Å². The predicted molar refractivity (Wildman–Crippen MR) is 73.9 cm³/mol. The van der Waals surface area contributed by atoms with Crippen molar-refractivity contribution in [2.24, 2.45) is 0 Å². The zero-order valence-electron chi connectivity index (χ0n) is 10.9. The lowest BCUT2D eigenvalue weighted by molar-refractivity contribution is -0.384. The second-order valence-corrected chi connectivity index (χ2v) is 4.15. The maximum absolute atomic E-state index is 11.9. The van der Waals surface area contributed by atoms with Crippen LogP contribution in [0.5, 0.6) is 0 Å². The summed E-state index contributed by atoms with van der Waals surface area (Å²) in [7, 11) is 0. The molecule has 1 aromatic carbocycles. The van der Waals surface area contributed by atoms with Crippen LogP contribution in [0.3, 0.4) is 0 Å². The van der Waals surface area contributed by atoms with E-state index >= 15 is 0 Å². The molecule has 2 rings (SSSR count). The first-order valence-corrected chi connectivity index (χ1v) is 6.13. The Morgan fingerprint density at radius 1 is 1.33 bits per heavy atom. The topological polar surface area (TPSA) is 107 Å². The van der Waals surface area contributed by atoms with E-state index in [1.165, 1.54) is 47.3 Å². The molecular weight excluding hydrogens is 276 g/mol. The monoisotopic (exact) mass is 288 g/mol. The number of aromatic nitrogens is 2. The van der Waals surface area contributed by atoms with Crippen LogP contribution in [0.1, 0.15) is 10.4 Å². The average molecular weight is 288 g/mol. The molecule has 0 aliphatic carbocycles. The lowest BCUT2D eigenvalue weighted by Gasteiger charge is -2.06. The molecule has 0 fully saturated rings. The van der Waals surface area contributed by atoms with Crippen LogP contribution >= 0.6 is 0 Å². The summed E-state index contributed by atoms with van der Waals surface area (Å²) in [6.45, 7) is 0.415. The van der Waals surface area contributed by atoms with E-state index in [2.05, 4.69) is 10.4 Å². The van der Waals surface area contributed by atoms with Crippen molar-refractivity contribution in [1.29, 1.82) is 0 Å². The molecule has 108 valence electrons. The predicted octanol–water partition coefficient (Wildman–Crippen LogP) is 0.581. The number of hydrogen-bond donors (Lipinski definition) is 1. The van der Waals surface area contributed by atoms with Gasteiger partial charge >= 0.3 is 0 Å². The number of non-ortho nitro benzene ring substituents is 1. The summed E-state index contributed by atoms with van der Waals surface area (Å²) in [5.41, 5.74) is -0.219. The van der Waals surface area contributed by atoms with Crippen molar-refractivity contribution in [2.75, 3.05) is 6.54 Å². The van der Waals surface area contributed by atoms with Crippen molar-refractivity contribution >= 4 is 11.6 Å². The van der Waals surface area contributed by atoms with Gasteiger partial charge in [0.1, 0.15) is 0 Å². The third-order valence-corrected chi connectivity index (χ3v) is 2.71. The largest absolute Gasteiger partial charge is 0.350 e. The Kier molecular flexibility index (Phi) is 4.39. The lowest BCUT2D eigenvalue weighted by atomic mass is 10.2. The Labute approximate surface area is 119 Å². The van der Waals surface area contributed by atoms with E-state index < -0.39 is 10.8 Å². The minimum absolute atomic E-state index is 0.149. The third kappa shape index (κ3) is 3.72.